The van der Waals surface area contributed by atoms with Crippen molar-refractivity contribution in [2.24, 2.45) is 0 Å². The molecule has 0 aromatic rings. The fourth-order valence-corrected chi connectivity index (χ4v) is 6.66. The molecule has 0 amide bonds. The van der Waals surface area contributed by atoms with E-state index in [0.29, 0.717) is 0 Å². The standard InChI is InChI=1S/2C4H9.C3H4S2.Sn/c2*1-3-4-2;1-2-4-5-3-1;/h2*1,3-4H2,2H3;1-2H,3H2;. The molecule has 0 N–H and O–H groups in total. The van der Waals surface area contributed by atoms with Gasteiger partial charge in [0.25, 0.3) is 0 Å². The van der Waals surface area contributed by atoms with Crippen LogP contribution in [0.4, 0.5) is 0 Å². The Balaban J connectivity index is 0.000000280. The molecule has 1 aliphatic heterocycles. The molecule has 1 aliphatic rings. The van der Waals surface area contributed by atoms with Gasteiger partial charge in [0.15, 0.2) is 0 Å². The maximum absolute atomic E-state index is 2.29. The van der Waals surface area contributed by atoms with Crippen LogP contribution >= 0.6 is 21.6 Å². The Morgan fingerprint density at radius 1 is 1.14 bits per heavy atom. The molecule has 0 aromatic carbocycles. The van der Waals surface area contributed by atoms with Crippen LogP contribution in [0.1, 0.15) is 39.5 Å². The first-order chi connectivity index (χ1) is 6.91. The Kier molecular flexibility index (Phi) is 15.5. The van der Waals surface area contributed by atoms with E-state index in [1.54, 1.807) is 8.87 Å². The monoisotopic (exact) mass is 338 g/mol. The molecule has 0 aromatic heterocycles. The van der Waals surface area contributed by atoms with Crippen molar-refractivity contribution in [2.75, 3.05) is 5.75 Å². The molecule has 0 fully saturated rings. The number of hydrogen-bond donors (Lipinski definition) is 0. The zero-order valence-electron chi connectivity index (χ0n) is 9.42. The zero-order chi connectivity index (χ0) is 10.5. The molecule has 0 bridgehead atoms. The van der Waals surface area contributed by atoms with Crippen LogP contribution in [0, 0.1) is 0 Å². The van der Waals surface area contributed by atoms with Gasteiger partial charge in [-0.3, -0.25) is 0 Å². The summed E-state index contributed by atoms with van der Waals surface area (Å²) in [6.45, 7) is 4.58. The normalized spacial score (nSPS) is 13.9. The van der Waals surface area contributed by atoms with E-state index in [2.05, 4.69) is 25.3 Å². The van der Waals surface area contributed by atoms with Crippen LogP contribution in [0.15, 0.2) is 11.5 Å². The maximum atomic E-state index is 2.29. The van der Waals surface area contributed by atoms with Crippen LogP contribution in [0.2, 0.25) is 8.87 Å². The van der Waals surface area contributed by atoms with Crippen LogP contribution in [0.3, 0.4) is 0 Å². The van der Waals surface area contributed by atoms with Gasteiger partial charge in [0, 0.05) is 5.75 Å². The van der Waals surface area contributed by atoms with Gasteiger partial charge in [-0.05, 0) is 5.41 Å². The van der Waals surface area contributed by atoms with Crippen molar-refractivity contribution < 1.29 is 0 Å². The predicted molar refractivity (Wildman–Crippen MR) is 74.4 cm³/mol. The van der Waals surface area contributed by atoms with Crippen LogP contribution in [-0.4, -0.2) is 26.9 Å². The minimum atomic E-state index is 0.149. The van der Waals surface area contributed by atoms with Gasteiger partial charge in [-0.2, -0.15) is 0 Å². The summed E-state index contributed by atoms with van der Waals surface area (Å²) in [5, 5.41) is 2.12. The van der Waals surface area contributed by atoms with Crippen LogP contribution in [0.5, 0.6) is 0 Å². The molecule has 0 aliphatic carbocycles. The SMILES string of the molecule is C1=CSSC1.CCC[CH2][Sn][CH2]CCC. The third kappa shape index (κ3) is 13.2. The second-order valence-corrected chi connectivity index (χ2v) is 9.81. The summed E-state index contributed by atoms with van der Waals surface area (Å²) in [6, 6.07) is 0. The summed E-state index contributed by atoms with van der Waals surface area (Å²) in [6.07, 6.45) is 8.00. The predicted octanol–water partition coefficient (Wildman–Crippen LogP) is 5.02. The van der Waals surface area contributed by atoms with E-state index < -0.39 is 0 Å². The molecular weight excluding hydrogens is 315 g/mol. The van der Waals surface area contributed by atoms with Crippen molar-refractivity contribution in [1.29, 1.82) is 0 Å². The molecule has 0 saturated carbocycles. The fourth-order valence-electron chi connectivity index (χ4n) is 0.925. The van der Waals surface area contributed by atoms with Gasteiger partial charge in [0.1, 0.15) is 0 Å². The summed E-state index contributed by atoms with van der Waals surface area (Å²) in [7, 11) is 3.69. The molecule has 0 nitrogen and oxygen atoms in total. The second kappa shape index (κ2) is 14.2. The molecule has 2 radical (unpaired) electrons. The Morgan fingerprint density at radius 2 is 1.79 bits per heavy atom. The number of rotatable bonds is 6. The molecule has 0 saturated heterocycles. The van der Waals surface area contributed by atoms with Gasteiger partial charge in [0.2, 0.25) is 0 Å². The number of hydrogen-bond acceptors (Lipinski definition) is 2. The quantitative estimate of drug-likeness (QED) is 0.379. The molecular formula is C11H22S2Sn. The fraction of sp³-hybridized carbons (Fsp3) is 0.818. The van der Waals surface area contributed by atoms with Gasteiger partial charge in [-0.15, -0.1) is 0 Å². The van der Waals surface area contributed by atoms with E-state index in [9.17, 15) is 0 Å². The summed E-state index contributed by atoms with van der Waals surface area (Å²) in [5.74, 6) is 1.20. The van der Waals surface area contributed by atoms with Crippen molar-refractivity contribution in [1.82, 2.24) is 0 Å². The van der Waals surface area contributed by atoms with E-state index in [0.717, 1.165) is 0 Å². The average molecular weight is 337 g/mol. The molecule has 0 atom stereocenters. The molecule has 14 heavy (non-hydrogen) atoms. The average Bonchev–Trinajstić information content (AvgIpc) is 2.76. The third-order valence-corrected chi connectivity index (χ3v) is 7.75. The Morgan fingerprint density at radius 3 is 2.07 bits per heavy atom. The van der Waals surface area contributed by atoms with Crippen molar-refractivity contribution in [2.45, 2.75) is 48.4 Å². The zero-order valence-corrected chi connectivity index (χ0v) is 13.9. The van der Waals surface area contributed by atoms with E-state index in [1.165, 1.54) is 31.4 Å². The van der Waals surface area contributed by atoms with E-state index in [4.69, 9.17) is 0 Å². The van der Waals surface area contributed by atoms with E-state index in [1.807, 2.05) is 21.6 Å². The topological polar surface area (TPSA) is 0 Å². The first kappa shape index (κ1) is 15.2. The molecule has 3 heteroatoms. The van der Waals surface area contributed by atoms with Gasteiger partial charge in [0.05, 0.1) is 0 Å². The van der Waals surface area contributed by atoms with Crippen molar-refractivity contribution in [3.8, 4) is 0 Å². The van der Waals surface area contributed by atoms with Crippen molar-refractivity contribution in [3.05, 3.63) is 11.5 Å². The van der Waals surface area contributed by atoms with Crippen LogP contribution in [0.25, 0.3) is 0 Å². The van der Waals surface area contributed by atoms with Crippen LogP contribution in [-0.2, 0) is 0 Å². The second-order valence-electron chi connectivity index (χ2n) is 3.21. The molecule has 0 spiro atoms. The van der Waals surface area contributed by atoms with Gasteiger partial charge >= 0.3 is 69.5 Å². The molecule has 1 rings (SSSR count). The third-order valence-electron chi connectivity index (χ3n) is 1.80. The van der Waals surface area contributed by atoms with Crippen LogP contribution < -0.4 is 0 Å². The Labute approximate surface area is 108 Å². The molecule has 1 heterocycles. The first-order valence-corrected chi connectivity index (χ1v) is 12.0. The first-order valence-electron chi connectivity index (χ1n) is 5.55. The molecule has 82 valence electrons. The number of unbranched alkanes of at least 4 members (excludes halogenated alkanes) is 2. The van der Waals surface area contributed by atoms with Crippen molar-refractivity contribution >= 4 is 42.7 Å². The summed E-state index contributed by atoms with van der Waals surface area (Å²) in [5.41, 5.74) is 0. The Hall–Kier alpha value is 1.24. The molecule has 0 unspecified atom stereocenters. The van der Waals surface area contributed by atoms with Gasteiger partial charge in [-0.1, -0.05) is 27.7 Å². The van der Waals surface area contributed by atoms with Crippen molar-refractivity contribution in [3.63, 3.8) is 0 Å². The van der Waals surface area contributed by atoms with E-state index >= 15 is 0 Å². The van der Waals surface area contributed by atoms with Gasteiger partial charge in [-0.25, -0.2) is 0 Å². The van der Waals surface area contributed by atoms with Gasteiger partial charge < -0.3 is 0 Å². The summed E-state index contributed by atoms with van der Waals surface area (Å²) in [4.78, 5) is 0. The Bertz CT molecular complexity index is 114. The van der Waals surface area contributed by atoms with E-state index in [-0.39, 0.29) is 21.1 Å². The minimum absolute atomic E-state index is 0.149. The summed E-state index contributed by atoms with van der Waals surface area (Å²) < 4.78 is 3.25. The summed E-state index contributed by atoms with van der Waals surface area (Å²) >= 11 is 0.149.